The van der Waals surface area contributed by atoms with Gasteiger partial charge in [-0.3, -0.25) is 0 Å². The van der Waals surface area contributed by atoms with Gasteiger partial charge in [-0.25, -0.2) is 9.97 Å². The highest BCUT2D eigenvalue weighted by Gasteiger charge is 2.02. The van der Waals surface area contributed by atoms with Gasteiger partial charge in [-0.05, 0) is 24.5 Å². The number of hydrogen-bond acceptors (Lipinski definition) is 4. The topological polar surface area (TPSA) is 47.0 Å². The minimum Gasteiger partial charge on any atom is -0.478 e. The predicted octanol–water partition coefficient (Wildman–Crippen LogP) is 3.05. The monoisotopic (exact) mass is 257 g/mol. The summed E-state index contributed by atoms with van der Waals surface area (Å²) in [4.78, 5) is 8.23. The van der Waals surface area contributed by atoms with E-state index in [4.69, 9.17) is 4.74 Å². The molecule has 0 unspecified atom stereocenters. The van der Waals surface area contributed by atoms with E-state index in [1.807, 2.05) is 13.0 Å². The summed E-state index contributed by atoms with van der Waals surface area (Å²) in [7, 11) is 0. The number of nitrogens with zero attached hydrogens (tertiary/aromatic N) is 2. The van der Waals surface area contributed by atoms with Crippen molar-refractivity contribution < 1.29 is 4.74 Å². The van der Waals surface area contributed by atoms with Crippen LogP contribution < -0.4 is 10.1 Å². The van der Waals surface area contributed by atoms with Crippen LogP contribution in [-0.4, -0.2) is 16.6 Å². The first-order valence-electron chi connectivity index (χ1n) is 6.59. The largest absolute Gasteiger partial charge is 0.478 e. The molecule has 1 heterocycles. The van der Waals surface area contributed by atoms with Gasteiger partial charge in [-0.15, -0.1) is 0 Å². The van der Waals surface area contributed by atoms with E-state index in [0.717, 1.165) is 18.8 Å². The van der Waals surface area contributed by atoms with Crippen LogP contribution in [0.2, 0.25) is 0 Å². The molecule has 0 saturated carbocycles. The number of aryl methyl sites for hydroxylation is 1. The van der Waals surface area contributed by atoms with Crippen molar-refractivity contribution in [3.05, 3.63) is 47.8 Å². The van der Waals surface area contributed by atoms with Gasteiger partial charge in [0.15, 0.2) is 0 Å². The van der Waals surface area contributed by atoms with E-state index in [1.165, 1.54) is 17.5 Å². The van der Waals surface area contributed by atoms with Crippen LogP contribution in [0, 0.1) is 0 Å². The van der Waals surface area contributed by atoms with E-state index in [0.29, 0.717) is 12.5 Å². The molecule has 100 valence electrons. The second-order valence-corrected chi connectivity index (χ2v) is 4.15. The van der Waals surface area contributed by atoms with Crippen LogP contribution in [0.4, 0.5) is 5.82 Å². The Morgan fingerprint density at radius 3 is 2.63 bits per heavy atom. The molecule has 0 saturated heterocycles. The number of nitrogens with one attached hydrogen (secondary N) is 1. The van der Waals surface area contributed by atoms with E-state index in [2.05, 4.69) is 46.5 Å². The molecule has 0 atom stereocenters. The van der Waals surface area contributed by atoms with Gasteiger partial charge in [-0.2, -0.15) is 0 Å². The van der Waals surface area contributed by atoms with Gasteiger partial charge in [0.1, 0.15) is 12.1 Å². The lowest BCUT2D eigenvalue weighted by Gasteiger charge is -2.10. The first-order chi connectivity index (χ1) is 9.33. The molecule has 2 rings (SSSR count). The van der Waals surface area contributed by atoms with E-state index in [-0.39, 0.29) is 0 Å². The van der Waals surface area contributed by atoms with E-state index < -0.39 is 0 Å². The van der Waals surface area contributed by atoms with Crippen molar-refractivity contribution in [2.24, 2.45) is 0 Å². The molecule has 4 nitrogen and oxygen atoms in total. The predicted molar refractivity (Wildman–Crippen MR) is 76.3 cm³/mol. The Morgan fingerprint density at radius 2 is 1.89 bits per heavy atom. The van der Waals surface area contributed by atoms with Gasteiger partial charge in [-0.1, -0.05) is 31.2 Å². The molecule has 2 aromatic rings. The standard InChI is InChI=1S/C15H19N3O/c1-3-12-7-5-6-8-13(12)10-16-14-9-15(19-4-2)18-11-17-14/h5-9,11H,3-4,10H2,1-2H3,(H,16,17,18). The van der Waals surface area contributed by atoms with Crippen LogP contribution in [0.25, 0.3) is 0 Å². The van der Waals surface area contributed by atoms with Crippen molar-refractivity contribution in [2.45, 2.75) is 26.8 Å². The summed E-state index contributed by atoms with van der Waals surface area (Å²) in [5, 5.41) is 3.30. The van der Waals surface area contributed by atoms with Gasteiger partial charge < -0.3 is 10.1 Å². The molecule has 4 heteroatoms. The summed E-state index contributed by atoms with van der Waals surface area (Å²) in [5.41, 5.74) is 2.65. The maximum absolute atomic E-state index is 5.35. The average molecular weight is 257 g/mol. The van der Waals surface area contributed by atoms with Crippen molar-refractivity contribution in [1.82, 2.24) is 9.97 Å². The third kappa shape index (κ3) is 3.68. The third-order valence-corrected chi connectivity index (χ3v) is 2.89. The quantitative estimate of drug-likeness (QED) is 0.864. The fourth-order valence-corrected chi connectivity index (χ4v) is 1.92. The number of aromatic nitrogens is 2. The lowest BCUT2D eigenvalue weighted by Crippen LogP contribution is -2.05. The highest BCUT2D eigenvalue weighted by atomic mass is 16.5. The van der Waals surface area contributed by atoms with E-state index in [9.17, 15) is 0 Å². The lowest BCUT2D eigenvalue weighted by atomic mass is 10.1. The second kappa shape index (κ2) is 6.73. The van der Waals surface area contributed by atoms with Crippen LogP contribution in [0.15, 0.2) is 36.7 Å². The Balaban J connectivity index is 2.03. The normalized spacial score (nSPS) is 10.2. The highest BCUT2D eigenvalue weighted by Crippen LogP contribution is 2.14. The number of anilines is 1. The van der Waals surface area contributed by atoms with Crippen LogP contribution >= 0.6 is 0 Å². The molecule has 19 heavy (non-hydrogen) atoms. The summed E-state index contributed by atoms with van der Waals surface area (Å²) in [6, 6.07) is 10.2. The maximum atomic E-state index is 5.35. The van der Waals surface area contributed by atoms with Gasteiger partial charge >= 0.3 is 0 Å². The molecule has 0 amide bonds. The molecule has 0 fully saturated rings. The maximum Gasteiger partial charge on any atom is 0.218 e. The number of rotatable bonds is 6. The third-order valence-electron chi connectivity index (χ3n) is 2.89. The zero-order chi connectivity index (χ0) is 13.5. The van der Waals surface area contributed by atoms with Crippen LogP contribution in [0.3, 0.4) is 0 Å². The zero-order valence-electron chi connectivity index (χ0n) is 11.4. The van der Waals surface area contributed by atoms with Gasteiger partial charge in [0.05, 0.1) is 6.61 Å². The van der Waals surface area contributed by atoms with Crippen molar-refractivity contribution >= 4 is 5.82 Å². The van der Waals surface area contributed by atoms with Crippen LogP contribution in [0.5, 0.6) is 5.88 Å². The summed E-state index contributed by atoms with van der Waals surface area (Å²) < 4.78 is 5.35. The Bertz CT molecular complexity index is 528. The Kier molecular flexibility index (Phi) is 4.72. The zero-order valence-corrected chi connectivity index (χ0v) is 11.4. The number of hydrogen-bond donors (Lipinski definition) is 1. The van der Waals surface area contributed by atoms with E-state index in [1.54, 1.807) is 0 Å². The first-order valence-corrected chi connectivity index (χ1v) is 6.59. The molecular formula is C15H19N3O. The van der Waals surface area contributed by atoms with Crippen LogP contribution in [-0.2, 0) is 13.0 Å². The SMILES string of the molecule is CCOc1cc(NCc2ccccc2CC)ncn1. The minimum atomic E-state index is 0.601. The molecule has 0 aliphatic carbocycles. The Labute approximate surface area is 113 Å². The van der Waals surface area contributed by atoms with Crippen molar-refractivity contribution in [3.63, 3.8) is 0 Å². The van der Waals surface area contributed by atoms with Gasteiger partial charge in [0, 0.05) is 12.6 Å². The number of benzene rings is 1. The molecule has 1 N–H and O–H groups in total. The first kappa shape index (κ1) is 13.3. The molecule has 1 aromatic heterocycles. The summed E-state index contributed by atoms with van der Waals surface area (Å²) in [5.74, 6) is 1.38. The van der Waals surface area contributed by atoms with Gasteiger partial charge in [0.2, 0.25) is 5.88 Å². The summed E-state index contributed by atoms with van der Waals surface area (Å²) >= 11 is 0. The molecule has 0 radical (unpaired) electrons. The van der Waals surface area contributed by atoms with Crippen LogP contribution in [0.1, 0.15) is 25.0 Å². The minimum absolute atomic E-state index is 0.601. The van der Waals surface area contributed by atoms with Gasteiger partial charge in [0.25, 0.3) is 0 Å². The Hall–Kier alpha value is -2.10. The summed E-state index contributed by atoms with van der Waals surface area (Å²) in [6.07, 6.45) is 2.55. The molecular weight excluding hydrogens is 238 g/mol. The smallest absolute Gasteiger partial charge is 0.218 e. The fourth-order valence-electron chi connectivity index (χ4n) is 1.92. The van der Waals surface area contributed by atoms with E-state index >= 15 is 0 Å². The second-order valence-electron chi connectivity index (χ2n) is 4.15. The molecule has 0 spiro atoms. The Morgan fingerprint density at radius 1 is 1.11 bits per heavy atom. The molecule has 0 bridgehead atoms. The lowest BCUT2D eigenvalue weighted by molar-refractivity contribution is 0.326. The van der Waals surface area contributed by atoms with Crippen molar-refractivity contribution in [3.8, 4) is 5.88 Å². The highest BCUT2D eigenvalue weighted by molar-refractivity contribution is 5.39. The molecule has 0 aliphatic heterocycles. The summed E-state index contributed by atoms with van der Waals surface area (Å²) in [6.45, 7) is 5.46. The molecule has 0 aliphatic rings. The number of ether oxygens (including phenoxy) is 1. The molecule has 1 aromatic carbocycles. The average Bonchev–Trinajstić information content (AvgIpc) is 2.46. The van der Waals surface area contributed by atoms with Crippen molar-refractivity contribution in [2.75, 3.05) is 11.9 Å². The fraction of sp³-hybridized carbons (Fsp3) is 0.333. The van der Waals surface area contributed by atoms with Crippen molar-refractivity contribution in [1.29, 1.82) is 0 Å².